The van der Waals surface area contributed by atoms with Crippen LogP contribution in [0.15, 0.2) is 55.3 Å². The number of benzene rings is 1. The third-order valence-electron chi connectivity index (χ3n) is 4.98. The Bertz CT molecular complexity index is 881. The highest BCUT2D eigenvalue weighted by Crippen LogP contribution is 2.28. The number of halogens is 2. The van der Waals surface area contributed by atoms with Gasteiger partial charge in [0.2, 0.25) is 5.95 Å². The molecule has 1 aliphatic rings. The van der Waals surface area contributed by atoms with Crippen molar-refractivity contribution in [3.63, 3.8) is 0 Å². The first kappa shape index (κ1) is 20.3. The molecule has 0 unspecified atom stereocenters. The van der Waals surface area contributed by atoms with Gasteiger partial charge in [-0.3, -0.25) is 0 Å². The van der Waals surface area contributed by atoms with Gasteiger partial charge in [0.05, 0.1) is 16.9 Å². The number of hydrogen-bond donors (Lipinski definition) is 1. The van der Waals surface area contributed by atoms with Crippen LogP contribution in [0.2, 0.25) is 5.02 Å². The first-order valence-corrected chi connectivity index (χ1v) is 10.0. The van der Waals surface area contributed by atoms with E-state index in [2.05, 4.69) is 21.9 Å². The van der Waals surface area contributed by atoms with Crippen molar-refractivity contribution in [3.05, 3.63) is 77.4 Å². The van der Waals surface area contributed by atoms with E-state index in [4.69, 9.17) is 11.6 Å². The number of hydrogen-bond acceptors (Lipinski definition) is 3. The molecule has 146 valence electrons. The lowest BCUT2D eigenvalue weighted by molar-refractivity contribution is 0.461. The molecule has 0 bridgehead atoms. The van der Waals surface area contributed by atoms with E-state index < -0.39 is 0 Å². The largest absolute Gasteiger partial charge is 0.351 e. The van der Waals surface area contributed by atoms with Crippen molar-refractivity contribution in [2.45, 2.75) is 45.1 Å². The van der Waals surface area contributed by atoms with Crippen LogP contribution in [0.25, 0.3) is 11.1 Å². The number of aromatic nitrogens is 2. The lowest BCUT2D eigenvalue weighted by atomic mass is 9.96. The van der Waals surface area contributed by atoms with Crippen LogP contribution in [0.4, 0.5) is 10.3 Å². The summed E-state index contributed by atoms with van der Waals surface area (Å²) >= 11 is 6.41. The summed E-state index contributed by atoms with van der Waals surface area (Å²) in [5.74, 6) is 0.330. The maximum absolute atomic E-state index is 13.2. The molecule has 0 spiro atoms. The molecule has 1 fully saturated rings. The Hall–Kier alpha value is -2.46. The SMILES string of the molecule is C=C/C(=C\C(=C/C)c1nc(NC2CCCCC2)ncc1Cl)c1ccc(F)cc1. The van der Waals surface area contributed by atoms with E-state index in [1.54, 1.807) is 24.4 Å². The summed E-state index contributed by atoms with van der Waals surface area (Å²) in [5.41, 5.74) is 3.27. The maximum Gasteiger partial charge on any atom is 0.223 e. The lowest BCUT2D eigenvalue weighted by Gasteiger charge is -2.23. The summed E-state index contributed by atoms with van der Waals surface area (Å²) in [4.78, 5) is 9.02. The molecular weight excluding hydrogens is 373 g/mol. The minimum Gasteiger partial charge on any atom is -0.351 e. The molecule has 1 aliphatic carbocycles. The van der Waals surface area contributed by atoms with Crippen LogP contribution in [0.1, 0.15) is 50.3 Å². The van der Waals surface area contributed by atoms with Crippen LogP contribution in [0.3, 0.4) is 0 Å². The van der Waals surface area contributed by atoms with E-state index in [0.29, 0.717) is 22.7 Å². The fourth-order valence-corrected chi connectivity index (χ4v) is 3.63. The van der Waals surface area contributed by atoms with E-state index in [1.807, 2.05) is 19.1 Å². The predicted molar refractivity (Wildman–Crippen MR) is 116 cm³/mol. The summed E-state index contributed by atoms with van der Waals surface area (Å²) in [6.07, 6.45) is 13.3. The van der Waals surface area contributed by atoms with Gasteiger partial charge in [-0.15, -0.1) is 0 Å². The first-order chi connectivity index (χ1) is 13.6. The van der Waals surface area contributed by atoms with E-state index in [1.165, 1.54) is 31.4 Å². The van der Waals surface area contributed by atoms with Gasteiger partial charge in [0.25, 0.3) is 0 Å². The normalized spacial score (nSPS) is 16.1. The molecule has 1 aromatic heterocycles. The summed E-state index contributed by atoms with van der Waals surface area (Å²) < 4.78 is 13.2. The van der Waals surface area contributed by atoms with Crippen LogP contribution in [-0.2, 0) is 0 Å². The molecule has 28 heavy (non-hydrogen) atoms. The van der Waals surface area contributed by atoms with E-state index in [9.17, 15) is 4.39 Å². The minimum absolute atomic E-state index is 0.268. The fourth-order valence-electron chi connectivity index (χ4n) is 3.43. The van der Waals surface area contributed by atoms with Gasteiger partial charge in [-0.1, -0.05) is 61.7 Å². The van der Waals surface area contributed by atoms with Crippen LogP contribution >= 0.6 is 11.6 Å². The summed E-state index contributed by atoms with van der Waals surface area (Å²) in [7, 11) is 0. The van der Waals surface area contributed by atoms with Gasteiger partial charge in [-0.05, 0) is 54.7 Å². The maximum atomic E-state index is 13.2. The van der Waals surface area contributed by atoms with E-state index >= 15 is 0 Å². The monoisotopic (exact) mass is 397 g/mol. The average Bonchev–Trinajstić information content (AvgIpc) is 2.72. The van der Waals surface area contributed by atoms with Crippen molar-refractivity contribution >= 4 is 28.7 Å². The second-order valence-corrected chi connectivity index (χ2v) is 7.33. The summed E-state index contributed by atoms with van der Waals surface area (Å²) in [6, 6.07) is 6.74. The molecule has 5 heteroatoms. The van der Waals surface area contributed by atoms with Crippen LogP contribution in [-0.4, -0.2) is 16.0 Å². The quantitative estimate of drug-likeness (QED) is 0.552. The van der Waals surface area contributed by atoms with Gasteiger partial charge in [0.1, 0.15) is 5.82 Å². The number of allylic oxidation sites excluding steroid dienone is 5. The van der Waals surface area contributed by atoms with Crippen LogP contribution in [0.5, 0.6) is 0 Å². The second kappa shape index (κ2) is 9.65. The van der Waals surface area contributed by atoms with Crippen LogP contribution in [0, 0.1) is 5.82 Å². The molecule has 1 N–H and O–H groups in total. The molecule has 1 aromatic carbocycles. The third kappa shape index (κ3) is 5.08. The average molecular weight is 398 g/mol. The zero-order chi connectivity index (χ0) is 19.9. The molecule has 3 nitrogen and oxygen atoms in total. The van der Waals surface area contributed by atoms with Gasteiger partial charge in [0.15, 0.2) is 0 Å². The highest BCUT2D eigenvalue weighted by atomic mass is 35.5. The summed E-state index contributed by atoms with van der Waals surface area (Å²) in [5, 5.41) is 3.93. The Balaban J connectivity index is 1.89. The lowest BCUT2D eigenvalue weighted by Crippen LogP contribution is -2.23. The molecule has 1 heterocycles. The number of rotatable bonds is 6. The molecule has 0 saturated heterocycles. The van der Waals surface area contributed by atoms with E-state index in [0.717, 1.165) is 29.6 Å². The van der Waals surface area contributed by atoms with Crippen molar-refractivity contribution in [1.29, 1.82) is 0 Å². The third-order valence-corrected chi connectivity index (χ3v) is 5.25. The highest BCUT2D eigenvalue weighted by molar-refractivity contribution is 6.32. The second-order valence-electron chi connectivity index (χ2n) is 6.92. The van der Waals surface area contributed by atoms with Crippen LogP contribution < -0.4 is 5.32 Å². The van der Waals surface area contributed by atoms with Gasteiger partial charge in [-0.25, -0.2) is 14.4 Å². The fraction of sp³-hybridized carbons (Fsp3) is 0.304. The predicted octanol–water partition coefficient (Wildman–Crippen LogP) is 6.69. The smallest absolute Gasteiger partial charge is 0.223 e. The van der Waals surface area contributed by atoms with Gasteiger partial charge in [-0.2, -0.15) is 0 Å². The van der Waals surface area contributed by atoms with Gasteiger partial charge in [0, 0.05) is 6.04 Å². The zero-order valence-corrected chi connectivity index (χ0v) is 16.8. The van der Waals surface area contributed by atoms with E-state index in [-0.39, 0.29) is 5.82 Å². The van der Waals surface area contributed by atoms with Crippen molar-refractivity contribution < 1.29 is 4.39 Å². The Morgan fingerprint density at radius 1 is 1.18 bits per heavy atom. The molecule has 0 aliphatic heterocycles. The number of anilines is 1. The summed E-state index contributed by atoms with van der Waals surface area (Å²) in [6.45, 7) is 5.83. The number of nitrogens with zero attached hydrogens (tertiary/aromatic N) is 2. The molecule has 0 amide bonds. The van der Waals surface area contributed by atoms with Gasteiger partial charge >= 0.3 is 0 Å². The molecule has 1 saturated carbocycles. The Labute approximate surface area is 171 Å². The van der Waals surface area contributed by atoms with Crippen molar-refractivity contribution in [3.8, 4) is 0 Å². The molecule has 3 rings (SSSR count). The van der Waals surface area contributed by atoms with Gasteiger partial charge < -0.3 is 5.32 Å². The molecular formula is C23H25ClFN3. The molecule has 0 atom stereocenters. The topological polar surface area (TPSA) is 37.8 Å². The minimum atomic E-state index is -0.268. The molecule has 0 radical (unpaired) electrons. The first-order valence-electron chi connectivity index (χ1n) is 9.66. The standard InChI is InChI=1S/C23H25ClFN3/c1-3-16(18-10-12-19(25)13-11-18)14-17(4-2)22-21(24)15-26-23(28-22)27-20-8-6-5-7-9-20/h3-4,10-15,20H,1,5-9H2,2H3,(H,26,27,28)/b16-14+,17-4+. The number of nitrogens with one attached hydrogen (secondary N) is 1. The van der Waals surface area contributed by atoms with Crippen molar-refractivity contribution in [2.24, 2.45) is 0 Å². The highest BCUT2D eigenvalue weighted by Gasteiger charge is 2.16. The van der Waals surface area contributed by atoms with Crippen molar-refractivity contribution in [2.75, 3.05) is 5.32 Å². The Morgan fingerprint density at radius 2 is 1.89 bits per heavy atom. The Kier molecular flexibility index (Phi) is 6.99. The van der Waals surface area contributed by atoms with Crippen molar-refractivity contribution in [1.82, 2.24) is 9.97 Å². The Morgan fingerprint density at radius 3 is 2.54 bits per heavy atom. The zero-order valence-electron chi connectivity index (χ0n) is 16.1. The molecule has 2 aromatic rings.